The average molecular weight is 483 g/mol. The van der Waals surface area contributed by atoms with Gasteiger partial charge >= 0.3 is 0 Å². The first-order chi connectivity index (χ1) is 17.1. The Balaban J connectivity index is 1.53. The van der Waals surface area contributed by atoms with Gasteiger partial charge in [-0.1, -0.05) is 72.8 Å². The Bertz CT molecular complexity index is 1340. The Morgan fingerprint density at radius 3 is 2.23 bits per heavy atom. The van der Waals surface area contributed by atoms with Crippen molar-refractivity contribution < 1.29 is 14.0 Å². The molecule has 2 N–H and O–H groups in total. The largest absolute Gasteiger partial charge is 0.321 e. The lowest BCUT2D eigenvalue weighted by atomic mass is 10.1. The number of thioether (sulfide) groups is 1. The maximum Gasteiger partial charge on any atom is 0.272 e. The molecule has 0 spiro atoms. The molecule has 4 rings (SSSR count). The summed E-state index contributed by atoms with van der Waals surface area (Å²) in [5, 5.41) is 5.45. The number of nitrogens with one attached hydrogen (secondary N) is 2. The Kier molecular flexibility index (Phi) is 8.09. The highest BCUT2D eigenvalue weighted by atomic mass is 32.2. The lowest BCUT2D eigenvalue weighted by Gasteiger charge is -2.12. The van der Waals surface area contributed by atoms with Crippen molar-refractivity contribution in [3.8, 4) is 0 Å². The molecule has 0 heterocycles. The topological polar surface area (TPSA) is 58.2 Å². The van der Waals surface area contributed by atoms with Crippen molar-refractivity contribution in [3.05, 3.63) is 137 Å². The van der Waals surface area contributed by atoms with E-state index in [2.05, 4.69) is 22.8 Å². The van der Waals surface area contributed by atoms with Crippen molar-refractivity contribution in [3.63, 3.8) is 0 Å². The van der Waals surface area contributed by atoms with Crippen molar-refractivity contribution in [1.29, 1.82) is 0 Å². The number of benzene rings is 4. The summed E-state index contributed by atoms with van der Waals surface area (Å²) < 4.78 is 14.3. The highest BCUT2D eigenvalue weighted by Gasteiger charge is 2.16. The first kappa shape index (κ1) is 24.0. The lowest BCUT2D eigenvalue weighted by Crippen LogP contribution is -2.30. The van der Waals surface area contributed by atoms with Crippen molar-refractivity contribution in [2.45, 2.75) is 10.6 Å². The minimum Gasteiger partial charge on any atom is -0.321 e. The molecule has 2 amide bonds. The summed E-state index contributed by atoms with van der Waals surface area (Å²) in [4.78, 5) is 26.9. The van der Waals surface area contributed by atoms with E-state index in [0.717, 1.165) is 10.6 Å². The molecule has 0 aromatic heterocycles. The molecule has 4 nitrogen and oxygen atoms in total. The van der Waals surface area contributed by atoms with E-state index in [1.165, 1.54) is 23.8 Å². The molecule has 0 fully saturated rings. The Morgan fingerprint density at radius 2 is 1.49 bits per heavy atom. The summed E-state index contributed by atoms with van der Waals surface area (Å²) in [5.41, 5.74) is 2.29. The first-order valence-electron chi connectivity index (χ1n) is 11.0. The van der Waals surface area contributed by atoms with Gasteiger partial charge in [-0.2, -0.15) is 0 Å². The predicted octanol–water partition coefficient (Wildman–Crippen LogP) is 6.53. The second-order valence-electron chi connectivity index (χ2n) is 7.66. The molecular weight excluding hydrogens is 459 g/mol. The van der Waals surface area contributed by atoms with Crippen LogP contribution in [0.15, 0.2) is 120 Å². The third kappa shape index (κ3) is 6.91. The zero-order valence-electron chi connectivity index (χ0n) is 18.8. The molecule has 0 saturated heterocycles. The summed E-state index contributed by atoms with van der Waals surface area (Å²) in [5.74, 6) is -0.714. The van der Waals surface area contributed by atoms with Crippen LogP contribution in [0.2, 0.25) is 0 Å². The lowest BCUT2D eigenvalue weighted by molar-refractivity contribution is -0.113. The second kappa shape index (κ2) is 11.8. The van der Waals surface area contributed by atoms with Crippen LogP contribution >= 0.6 is 11.8 Å². The van der Waals surface area contributed by atoms with Gasteiger partial charge in [0.15, 0.2) is 0 Å². The van der Waals surface area contributed by atoms with Crippen molar-refractivity contribution in [1.82, 2.24) is 5.32 Å². The van der Waals surface area contributed by atoms with E-state index in [4.69, 9.17) is 0 Å². The van der Waals surface area contributed by atoms with Crippen molar-refractivity contribution in [2.75, 3.05) is 5.32 Å². The molecule has 0 unspecified atom stereocenters. The van der Waals surface area contributed by atoms with E-state index in [1.54, 1.807) is 60.3 Å². The quantitative estimate of drug-likeness (QED) is 0.222. The van der Waals surface area contributed by atoms with Gasteiger partial charge in [-0.15, -0.1) is 11.8 Å². The molecule has 174 valence electrons. The third-order valence-corrected chi connectivity index (χ3v) is 6.14. The summed E-state index contributed by atoms with van der Waals surface area (Å²) >= 11 is 1.65. The molecule has 4 aromatic carbocycles. The van der Waals surface area contributed by atoms with Crippen LogP contribution in [0.3, 0.4) is 0 Å². The van der Waals surface area contributed by atoms with E-state index in [-0.39, 0.29) is 11.3 Å². The monoisotopic (exact) mass is 482 g/mol. The molecule has 0 aliphatic carbocycles. The number of hydrogen-bond acceptors (Lipinski definition) is 3. The number of rotatable bonds is 8. The molecule has 4 aromatic rings. The van der Waals surface area contributed by atoms with E-state index in [0.29, 0.717) is 11.3 Å². The van der Waals surface area contributed by atoms with Crippen molar-refractivity contribution >= 4 is 35.3 Å². The average Bonchev–Trinajstić information content (AvgIpc) is 2.89. The van der Waals surface area contributed by atoms with Crippen LogP contribution in [0.5, 0.6) is 0 Å². The van der Waals surface area contributed by atoms with Gasteiger partial charge in [-0.3, -0.25) is 9.59 Å². The minimum absolute atomic E-state index is 0.0636. The molecule has 35 heavy (non-hydrogen) atoms. The highest BCUT2D eigenvalue weighted by Crippen LogP contribution is 2.25. The summed E-state index contributed by atoms with van der Waals surface area (Å²) in [6, 6.07) is 32.2. The fourth-order valence-corrected chi connectivity index (χ4v) is 4.20. The number of amides is 2. The van der Waals surface area contributed by atoms with Crippen LogP contribution in [0, 0.1) is 5.82 Å². The minimum atomic E-state index is -0.553. The molecule has 0 aliphatic rings. The van der Waals surface area contributed by atoms with Crippen molar-refractivity contribution in [2.24, 2.45) is 0 Å². The second-order valence-corrected chi connectivity index (χ2v) is 8.70. The van der Waals surface area contributed by atoms with E-state index in [9.17, 15) is 14.0 Å². The molecule has 0 saturated carbocycles. The van der Waals surface area contributed by atoms with Crippen LogP contribution in [0.1, 0.15) is 21.5 Å². The van der Waals surface area contributed by atoms with E-state index < -0.39 is 17.6 Å². The summed E-state index contributed by atoms with van der Waals surface area (Å²) in [6.45, 7) is 0. The maximum atomic E-state index is 14.3. The molecule has 0 aliphatic heterocycles. The van der Waals surface area contributed by atoms with E-state index in [1.807, 2.05) is 36.4 Å². The standard InChI is InChI=1S/C29H23FN2O2S/c30-26-17-8-7-14-23(26)18-27(32-28(33)22-12-5-2-6-13-22)29(34)31-24-15-9-16-25(19-24)35-20-21-10-3-1-4-11-21/h1-19H,20H2,(H,31,34)(H,32,33)/b27-18+. The van der Waals surface area contributed by atoms with Crippen LogP contribution < -0.4 is 10.6 Å². The molecular formula is C29H23FN2O2S. The van der Waals surface area contributed by atoms with Crippen LogP contribution in [-0.4, -0.2) is 11.8 Å². The maximum absolute atomic E-state index is 14.3. The summed E-state index contributed by atoms with van der Waals surface area (Å²) in [7, 11) is 0. The SMILES string of the molecule is O=C(Nc1cccc(SCc2ccccc2)c1)/C(=C\c1ccccc1F)NC(=O)c1ccccc1. The normalized spacial score (nSPS) is 11.1. The fraction of sp³-hybridized carbons (Fsp3) is 0.0345. The predicted molar refractivity (Wildman–Crippen MR) is 139 cm³/mol. The van der Waals surface area contributed by atoms with E-state index >= 15 is 0 Å². The van der Waals surface area contributed by atoms with Gasteiger partial charge < -0.3 is 10.6 Å². The Morgan fingerprint density at radius 1 is 0.800 bits per heavy atom. The number of carbonyl (C=O) groups is 2. The third-order valence-electron chi connectivity index (χ3n) is 5.07. The van der Waals surface area contributed by atoms with Gasteiger partial charge in [0.1, 0.15) is 11.5 Å². The fourth-order valence-electron chi connectivity index (χ4n) is 3.29. The number of anilines is 1. The van der Waals surface area contributed by atoms with Gasteiger partial charge in [-0.05, 0) is 48.0 Å². The number of hydrogen-bond donors (Lipinski definition) is 2. The van der Waals surface area contributed by atoms with Gasteiger partial charge in [0.2, 0.25) is 0 Å². The molecule has 0 radical (unpaired) electrons. The molecule has 0 bridgehead atoms. The Hall–Kier alpha value is -4.16. The Labute approximate surface area is 207 Å². The summed E-state index contributed by atoms with van der Waals surface area (Å²) in [6.07, 6.45) is 1.33. The zero-order valence-corrected chi connectivity index (χ0v) is 19.6. The molecule has 6 heteroatoms. The molecule has 0 atom stereocenters. The van der Waals surface area contributed by atoms with Gasteiger partial charge in [0.25, 0.3) is 11.8 Å². The highest BCUT2D eigenvalue weighted by molar-refractivity contribution is 7.98. The first-order valence-corrected chi connectivity index (χ1v) is 12.0. The van der Waals surface area contributed by atoms with Crippen LogP contribution in [0.4, 0.5) is 10.1 Å². The zero-order chi connectivity index (χ0) is 24.5. The van der Waals surface area contributed by atoms with Gasteiger partial charge in [0, 0.05) is 27.5 Å². The number of carbonyl (C=O) groups excluding carboxylic acids is 2. The smallest absolute Gasteiger partial charge is 0.272 e. The van der Waals surface area contributed by atoms with Crippen LogP contribution in [-0.2, 0) is 10.5 Å². The number of halogens is 1. The van der Waals surface area contributed by atoms with Gasteiger partial charge in [-0.25, -0.2) is 4.39 Å². The van der Waals surface area contributed by atoms with Gasteiger partial charge in [0.05, 0.1) is 0 Å². The van der Waals surface area contributed by atoms with Crippen LogP contribution in [0.25, 0.3) is 6.08 Å².